The highest BCUT2D eigenvalue weighted by atomic mass is 16.5. The Kier molecular flexibility index (Phi) is 2.69. The lowest BCUT2D eigenvalue weighted by Crippen LogP contribution is -2.04. The van der Waals surface area contributed by atoms with Gasteiger partial charge < -0.3 is 15.6 Å². The largest absolute Gasteiger partial charge is 0.397 e. The van der Waals surface area contributed by atoms with Gasteiger partial charge in [0.05, 0.1) is 24.0 Å². The molecule has 0 saturated carbocycles. The summed E-state index contributed by atoms with van der Waals surface area (Å²) in [6, 6.07) is 5.32. The second kappa shape index (κ2) is 4.31. The number of pyridine rings is 1. The lowest BCUT2D eigenvalue weighted by molar-refractivity contribution is 0.412. The van der Waals surface area contributed by atoms with Crippen LogP contribution in [0.5, 0.6) is 0 Å². The number of nitrogen functional groups attached to an aromatic ring is 1. The lowest BCUT2D eigenvalue weighted by atomic mass is 10.2. The third-order valence-electron chi connectivity index (χ3n) is 1.96. The molecule has 0 unspecified atom stereocenters. The van der Waals surface area contributed by atoms with E-state index in [-0.39, 0.29) is 0 Å². The molecular formula is C10H9N5O. The van der Waals surface area contributed by atoms with Gasteiger partial charge in [0.1, 0.15) is 23.8 Å². The molecule has 0 aliphatic carbocycles. The van der Waals surface area contributed by atoms with E-state index in [4.69, 9.17) is 11.0 Å². The van der Waals surface area contributed by atoms with E-state index in [1.165, 1.54) is 12.5 Å². The minimum absolute atomic E-state index is 0.406. The van der Waals surface area contributed by atoms with E-state index >= 15 is 0 Å². The van der Waals surface area contributed by atoms with Crippen molar-refractivity contribution in [3.05, 3.63) is 35.9 Å². The van der Waals surface area contributed by atoms with Crippen LogP contribution in [0.1, 0.15) is 11.3 Å². The Morgan fingerprint density at radius 1 is 1.56 bits per heavy atom. The highest BCUT2D eigenvalue weighted by molar-refractivity contribution is 5.57. The van der Waals surface area contributed by atoms with Crippen LogP contribution < -0.4 is 11.1 Å². The zero-order chi connectivity index (χ0) is 11.4. The zero-order valence-electron chi connectivity index (χ0n) is 8.34. The van der Waals surface area contributed by atoms with Crippen molar-refractivity contribution >= 4 is 11.5 Å². The highest BCUT2D eigenvalue weighted by Crippen LogP contribution is 2.14. The van der Waals surface area contributed by atoms with Crippen LogP contribution in [0, 0.1) is 11.3 Å². The molecular weight excluding hydrogens is 206 g/mol. The molecule has 16 heavy (non-hydrogen) atoms. The number of hydrogen-bond acceptors (Lipinski definition) is 6. The number of hydrogen-bond donors (Lipinski definition) is 2. The second-order valence-corrected chi connectivity index (χ2v) is 3.12. The van der Waals surface area contributed by atoms with E-state index in [2.05, 4.69) is 20.0 Å². The van der Waals surface area contributed by atoms with Gasteiger partial charge in [-0.15, -0.1) is 0 Å². The summed E-state index contributed by atoms with van der Waals surface area (Å²) in [5, 5.41) is 15.6. The average molecular weight is 215 g/mol. The standard InChI is InChI=1S/C10H9N5O/c11-4-7-3-8(12)5-13-10(7)14-6-9-1-2-16-15-9/h1-3,5H,6,12H2,(H,13,14). The van der Waals surface area contributed by atoms with Gasteiger partial charge in [-0.05, 0) is 6.07 Å². The lowest BCUT2D eigenvalue weighted by Gasteiger charge is -2.05. The summed E-state index contributed by atoms with van der Waals surface area (Å²) in [5.74, 6) is 0.486. The van der Waals surface area contributed by atoms with Crippen LogP contribution in [0.25, 0.3) is 0 Å². The summed E-state index contributed by atoms with van der Waals surface area (Å²) in [5.41, 5.74) is 7.13. The molecule has 2 rings (SSSR count). The van der Waals surface area contributed by atoms with Gasteiger partial charge in [0.15, 0.2) is 0 Å². The van der Waals surface area contributed by atoms with Gasteiger partial charge in [0.25, 0.3) is 0 Å². The number of nitriles is 1. The average Bonchev–Trinajstić information content (AvgIpc) is 2.80. The van der Waals surface area contributed by atoms with Crippen LogP contribution in [0.3, 0.4) is 0 Å². The molecule has 2 aromatic heterocycles. The second-order valence-electron chi connectivity index (χ2n) is 3.12. The Balaban J connectivity index is 2.13. The molecule has 3 N–H and O–H groups in total. The molecule has 2 aromatic rings. The molecule has 6 nitrogen and oxygen atoms in total. The zero-order valence-corrected chi connectivity index (χ0v) is 8.34. The van der Waals surface area contributed by atoms with Gasteiger partial charge in [-0.3, -0.25) is 0 Å². The summed E-state index contributed by atoms with van der Waals surface area (Å²) in [4.78, 5) is 4.03. The maximum Gasteiger partial charge on any atom is 0.144 e. The van der Waals surface area contributed by atoms with Gasteiger partial charge in [-0.2, -0.15) is 5.26 Å². The first kappa shape index (κ1) is 9.98. The first-order valence-electron chi connectivity index (χ1n) is 4.58. The summed E-state index contributed by atoms with van der Waals surface area (Å²) < 4.78 is 4.68. The fraction of sp³-hybridized carbons (Fsp3) is 0.100. The van der Waals surface area contributed by atoms with Crippen LogP contribution in [0.4, 0.5) is 11.5 Å². The van der Waals surface area contributed by atoms with E-state index in [0.29, 0.717) is 23.6 Å². The van der Waals surface area contributed by atoms with Crippen molar-refractivity contribution in [1.82, 2.24) is 10.1 Å². The summed E-state index contributed by atoms with van der Waals surface area (Å²) >= 11 is 0. The van der Waals surface area contributed by atoms with Crippen molar-refractivity contribution in [2.75, 3.05) is 11.1 Å². The Labute approximate surface area is 91.7 Å². The van der Waals surface area contributed by atoms with E-state index < -0.39 is 0 Å². The van der Waals surface area contributed by atoms with Gasteiger partial charge in [-0.25, -0.2) is 4.98 Å². The van der Waals surface area contributed by atoms with E-state index in [1.54, 1.807) is 12.1 Å². The maximum absolute atomic E-state index is 8.88. The fourth-order valence-electron chi connectivity index (χ4n) is 1.21. The van der Waals surface area contributed by atoms with Gasteiger partial charge >= 0.3 is 0 Å². The van der Waals surface area contributed by atoms with Crippen LogP contribution in [0.15, 0.2) is 29.1 Å². The van der Waals surface area contributed by atoms with Crippen molar-refractivity contribution < 1.29 is 4.52 Å². The normalized spacial score (nSPS) is 9.69. The summed E-state index contributed by atoms with van der Waals surface area (Å²) in [6.07, 6.45) is 2.98. The number of anilines is 2. The maximum atomic E-state index is 8.88. The Hall–Kier alpha value is -2.55. The SMILES string of the molecule is N#Cc1cc(N)cnc1NCc1ccon1. The Bertz CT molecular complexity index is 515. The van der Waals surface area contributed by atoms with Gasteiger partial charge in [0.2, 0.25) is 0 Å². The highest BCUT2D eigenvalue weighted by Gasteiger charge is 2.04. The quantitative estimate of drug-likeness (QED) is 0.796. The van der Waals surface area contributed by atoms with E-state index in [9.17, 15) is 0 Å². The fourth-order valence-corrected chi connectivity index (χ4v) is 1.21. The van der Waals surface area contributed by atoms with Crippen LogP contribution in [-0.4, -0.2) is 10.1 Å². The minimum atomic E-state index is 0.406. The first-order chi connectivity index (χ1) is 7.79. The predicted molar refractivity (Wildman–Crippen MR) is 57.2 cm³/mol. The Morgan fingerprint density at radius 2 is 2.44 bits per heavy atom. The summed E-state index contributed by atoms with van der Waals surface area (Å²) in [6.45, 7) is 0.447. The monoisotopic (exact) mass is 215 g/mol. The minimum Gasteiger partial charge on any atom is -0.397 e. The number of nitrogens with two attached hydrogens (primary N) is 1. The predicted octanol–water partition coefficient (Wildman–Crippen LogP) is 1.14. The molecule has 6 heteroatoms. The molecule has 0 aromatic carbocycles. The first-order valence-corrected chi connectivity index (χ1v) is 4.58. The van der Waals surface area contributed by atoms with Crippen LogP contribution >= 0.6 is 0 Å². The van der Waals surface area contributed by atoms with Crippen molar-refractivity contribution in [3.63, 3.8) is 0 Å². The molecule has 0 amide bonds. The molecule has 0 aliphatic heterocycles. The van der Waals surface area contributed by atoms with E-state index in [1.807, 2.05) is 6.07 Å². The molecule has 0 fully saturated rings. The van der Waals surface area contributed by atoms with Crippen molar-refractivity contribution in [2.45, 2.75) is 6.54 Å². The third-order valence-corrected chi connectivity index (χ3v) is 1.96. The molecule has 0 bridgehead atoms. The van der Waals surface area contributed by atoms with Gasteiger partial charge in [0, 0.05) is 6.07 Å². The number of aromatic nitrogens is 2. The molecule has 0 atom stereocenters. The summed E-state index contributed by atoms with van der Waals surface area (Å²) in [7, 11) is 0. The molecule has 0 aliphatic rings. The van der Waals surface area contributed by atoms with Crippen molar-refractivity contribution in [3.8, 4) is 6.07 Å². The van der Waals surface area contributed by atoms with E-state index in [0.717, 1.165) is 5.69 Å². The number of nitrogens with zero attached hydrogens (tertiary/aromatic N) is 3. The number of rotatable bonds is 3. The third kappa shape index (κ3) is 2.09. The van der Waals surface area contributed by atoms with Crippen LogP contribution in [0.2, 0.25) is 0 Å². The smallest absolute Gasteiger partial charge is 0.144 e. The number of nitrogens with one attached hydrogen (secondary N) is 1. The Morgan fingerprint density at radius 3 is 3.12 bits per heavy atom. The molecule has 0 radical (unpaired) electrons. The topological polar surface area (TPSA) is 101 Å². The van der Waals surface area contributed by atoms with Crippen LogP contribution in [-0.2, 0) is 6.54 Å². The van der Waals surface area contributed by atoms with Gasteiger partial charge in [-0.1, -0.05) is 5.16 Å². The van der Waals surface area contributed by atoms with Crippen molar-refractivity contribution in [2.24, 2.45) is 0 Å². The molecule has 80 valence electrons. The van der Waals surface area contributed by atoms with Crippen molar-refractivity contribution in [1.29, 1.82) is 5.26 Å². The molecule has 2 heterocycles. The molecule has 0 spiro atoms. The molecule has 0 saturated heterocycles.